The summed E-state index contributed by atoms with van der Waals surface area (Å²) < 4.78 is 13.5. The number of piperazine rings is 1. The van der Waals surface area contributed by atoms with Gasteiger partial charge in [0.1, 0.15) is 5.82 Å². The summed E-state index contributed by atoms with van der Waals surface area (Å²) in [5.41, 5.74) is 3.65. The lowest BCUT2D eigenvalue weighted by molar-refractivity contribution is 0.118. The van der Waals surface area contributed by atoms with Crippen molar-refractivity contribution in [2.75, 3.05) is 32.7 Å². The van der Waals surface area contributed by atoms with E-state index in [9.17, 15) is 4.39 Å². The Kier molecular flexibility index (Phi) is 10.2. The normalized spacial score (nSPS) is 15.8. The average Bonchev–Trinajstić information content (AvgIpc) is 2.78. The molecule has 1 heterocycles. The van der Waals surface area contributed by atoms with Gasteiger partial charge in [0.25, 0.3) is 0 Å². The first-order valence-corrected chi connectivity index (χ1v) is 10.3. The number of hydrogen-bond acceptors (Lipinski definition) is 2. The van der Waals surface area contributed by atoms with Crippen molar-refractivity contribution in [1.82, 2.24) is 9.80 Å². The van der Waals surface area contributed by atoms with Gasteiger partial charge in [-0.15, -0.1) is 24.8 Å². The van der Waals surface area contributed by atoms with E-state index >= 15 is 0 Å². The fraction of sp³-hybridized carbons (Fsp3) is 0.231. The topological polar surface area (TPSA) is 6.48 Å². The van der Waals surface area contributed by atoms with Gasteiger partial charge in [0, 0.05) is 32.7 Å². The second kappa shape index (κ2) is 12.6. The van der Waals surface area contributed by atoms with Crippen molar-refractivity contribution in [2.24, 2.45) is 0 Å². The lowest BCUT2D eigenvalue weighted by Gasteiger charge is -2.39. The Hall–Kier alpha value is -2.17. The molecule has 3 aromatic carbocycles. The number of rotatable bonds is 6. The molecule has 0 spiro atoms. The molecule has 1 aliphatic heterocycles. The molecule has 0 aromatic heterocycles. The van der Waals surface area contributed by atoms with E-state index in [1.165, 1.54) is 11.1 Å². The van der Waals surface area contributed by atoms with Crippen LogP contribution in [-0.2, 0) is 0 Å². The van der Waals surface area contributed by atoms with Gasteiger partial charge >= 0.3 is 0 Å². The zero-order valence-corrected chi connectivity index (χ0v) is 19.1. The molecule has 164 valence electrons. The van der Waals surface area contributed by atoms with E-state index in [2.05, 4.69) is 70.5 Å². The van der Waals surface area contributed by atoms with E-state index in [0.717, 1.165) is 38.3 Å². The summed E-state index contributed by atoms with van der Waals surface area (Å²) in [6.07, 6.45) is 4.44. The second-order valence-electron chi connectivity index (χ2n) is 7.51. The largest absolute Gasteiger partial charge is 0.297 e. The van der Waals surface area contributed by atoms with Crippen LogP contribution in [0.15, 0.2) is 91.0 Å². The number of nitrogens with zero attached hydrogens (tertiary/aromatic N) is 2. The molecule has 1 atom stereocenters. The standard InChI is InChI=1S/C26H27FN2.2ClH/c27-25-15-13-24(14-16-25)26(23-11-5-2-6-12-23)29-20-18-28(19-21-29)17-7-10-22-8-3-1-4-9-22;;/h1-16,26H,17-21H2;2*1H/b10-7+;;. The Balaban J connectivity index is 0.00000171. The van der Waals surface area contributed by atoms with Crippen molar-refractivity contribution in [3.63, 3.8) is 0 Å². The lowest BCUT2D eigenvalue weighted by atomic mass is 9.96. The van der Waals surface area contributed by atoms with Crippen LogP contribution in [0.4, 0.5) is 4.39 Å². The highest BCUT2D eigenvalue weighted by atomic mass is 35.5. The molecule has 0 N–H and O–H groups in total. The van der Waals surface area contributed by atoms with E-state index in [0.29, 0.717) is 0 Å². The highest BCUT2D eigenvalue weighted by Gasteiger charge is 2.26. The highest BCUT2D eigenvalue weighted by Crippen LogP contribution is 2.29. The molecule has 1 unspecified atom stereocenters. The van der Waals surface area contributed by atoms with Crippen molar-refractivity contribution in [3.8, 4) is 0 Å². The van der Waals surface area contributed by atoms with E-state index < -0.39 is 0 Å². The minimum atomic E-state index is -0.185. The monoisotopic (exact) mass is 458 g/mol. The Labute approximate surface area is 197 Å². The molecule has 31 heavy (non-hydrogen) atoms. The van der Waals surface area contributed by atoms with Gasteiger partial charge in [-0.1, -0.05) is 84.9 Å². The van der Waals surface area contributed by atoms with Gasteiger partial charge < -0.3 is 0 Å². The van der Waals surface area contributed by atoms with Crippen molar-refractivity contribution in [2.45, 2.75) is 6.04 Å². The molecule has 0 bridgehead atoms. The number of hydrogen-bond donors (Lipinski definition) is 0. The van der Waals surface area contributed by atoms with E-state index in [-0.39, 0.29) is 36.7 Å². The fourth-order valence-corrected chi connectivity index (χ4v) is 4.00. The predicted octanol–water partition coefficient (Wildman–Crippen LogP) is 6.09. The lowest BCUT2D eigenvalue weighted by Crippen LogP contribution is -2.47. The third kappa shape index (κ3) is 6.91. The summed E-state index contributed by atoms with van der Waals surface area (Å²) in [5.74, 6) is -0.185. The van der Waals surface area contributed by atoms with E-state index in [1.807, 2.05) is 24.3 Å². The maximum atomic E-state index is 13.5. The maximum Gasteiger partial charge on any atom is 0.123 e. The van der Waals surface area contributed by atoms with E-state index in [4.69, 9.17) is 0 Å². The molecule has 1 fully saturated rings. The van der Waals surface area contributed by atoms with Crippen LogP contribution in [-0.4, -0.2) is 42.5 Å². The molecule has 5 heteroatoms. The minimum absolute atomic E-state index is 0. The van der Waals surface area contributed by atoms with Crippen LogP contribution < -0.4 is 0 Å². The molecule has 2 nitrogen and oxygen atoms in total. The Bertz CT molecular complexity index is 909. The molecule has 1 aliphatic rings. The second-order valence-corrected chi connectivity index (χ2v) is 7.51. The summed E-state index contributed by atoms with van der Waals surface area (Å²) in [4.78, 5) is 5.00. The summed E-state index contributed by atoms with van der Waals surface area (Å²) >= 11 is 0. The fourth-order valence-electron chi connectivity index (χ4n) is 4.00. The summed E-state index contributed by atoms with van der Waals surface area (Å²) in [6.45, 7) is 5.02. The molecule has 4 rings (SSSR count). The van der Waals surface area contributed by atoms with Crippen LogP contribution >= 0.6 is 24.8 Å². The highest BCUT2D eigenvalue weighted by molar-refractivity contribution is 5.85. The number of benzene rings is 3. The summed E-state index contributed by atoms with van der Waals surface area (Å²) in [7, 11) is 0. The van der Waals surface area contributed by atoms with Crippen molar-refractivity contribution in [1.29, 1.82) is 0 Å². The first kappa shape index (κ1) is 25.1. The first-order chi connectivity index (χ1) is 14.3. The number of halogens is 3. The maximum absolute atomic E-state index is 13.5. The van der Waals surface area contributed by atoms with Crippen LogP contribution in [0.5, 0.6) is 0 Å². The third-order valence-corrected chi connectivity index (χ3v) is 5.55. The first-order valence-electron chi connectivity index (χ1n) is 10.3. The van der Waals surface area contributed by atoms with Gasteiger partial charge in [0.15, 0.2) is 0 Å². The van der Waals surface area contributed by atoms with Crippen LogP contribution in [0.2, 0.25) is 0 Å². The van der Waals surface area contributed by atoms with Gasteiger partial charge in [-0.25, -0.2) is 4.39 Å². The summed E-state index contributed by atoms with van der Waals surface area (Å²) in [6, 6.07) is 28.1. The van der Waals surface area contributed by atoms with Crippen LogP contribution in [0.3, 0.4) is 0 Å². The van der Waals surface area contributed by atoms with Crippen LogP contribution in [0, 0.1) is 5.82 Å². The van der Waals surface area contributed by atoms with Gasteiger partial charge in [0.05, 0.1) is 6.04 Å². The van der Waals surface area contributed by atoms with Crippen LogP contribution in [0.1, 0.15) is 22.7 Å². The van der Waals surface area contributed by atoms with E-state index in [1.54, 1.807) is 12.1 Å². The molecule has 3 aromatic rings. The Morgan fingerprint density at radius 1 is 0.710 bits per heavy atom. The van der Waals surface area contributed by atoms with Crippen molar-refractivity contribution in [3.05, 3.63) is 114 Å². The third-order valence-electron chi connectivity index (χ3n) is 5.55. The van der Waals surface area contributed by atoms with Crippen LogP contribution in [0.25, 0.3) is 6.08 Å². The molecule has 0 saturated carbocycles. The molecular weight excluding hydrogens is 430 g/mol. The zero-order valence-electron chi connectivity index (χ0n) is 17.4. The smallest absolute Gasteiger partial charge is 0.123 e. The Morgan fingerprint density at radius 3 is 1.87 bits per heavy atom. The summed E-state index contributed by atoms with van der Waals surface area (Å²) in [5, 5.41) is 0. The molecule has 0 radical (unpaired) electrons. The molecule has 0 amide bonds. The average molecular weight is 459 g/mol. The molecular formula is C26H29Cl2FN2. The van der Waals surface area contributed by atoms with Crippen molar-refractivity contribution < 1.29 is 4.39 Å². The zero-order chi connectivity index (χ0) is 19.9. The molecule has 1 saturated heterocycles. The minimum Gasteiger partial charge on any atom is -0.297 e. The van der Waals surface area contributed by atoms with Gasteiger partial charge in [0.2, 0.25) is 0 Å². The predicted molar refractivity (Wildman–Crippen MR) is 133 cm³/mol. The van der Waals surface area contributed by atoms with Crippen molar-refractivity contribution >= 4 is 30.9 Å². The quantitative estimate of drug-likeness (QED) is 0.440. The molecule has 0 aliphatic carbocycles. The van der Waals surface area contributed by atoms with Gasteiger partial charge in [-0.3, -0.25) is 9.80 Å². The van der Waals surface area contributed by atoms with Gasteiger partial charge in [-0.05, 0) is 28.8 Å². The Morgan fingerprint density at radius 2 is 1.26 bits per heavy atom. The SMILES string of the molecule is Cl.Cl.Fc1ccc(C(c2ccccc2)N2CCN(C/C=C/c3ccccc3)CC2)cc1. The van der Waals surface area contributed by atoms with Gasteiger partial charge in [-0.2, -0.15) is 0 Å².